The fraction of sp³-hybridized carbons (Fsp3) is 0.850. The Balaban J connectivity index is 1.25. The molecule has 1 unspecified atom stereocenters. The molecule has 1 N–H and O–H groups in total. The van der Waals surface area contributed by atoms with Gasteiger partial charge in [0.2, 0.25) is 11.9 Å². The van der Waals surface area contributed by atoms with E-state index in [1.165, 1.54) is 37.4 Å². The first kappa shape index (κ1) is 20.9. The van der Waals surface area contributed by atoms with Gasteiger partial charge >= 0.3 is 0 Å². The van der Waals surface area contributed by atoms with E-state index in [0.29, 0.717) is 24.3 Å². The standard InChI is InChI=1S/C20H34N6O2S/c1-15(2)12-24-9-10-28-17(13-24)11-21-18(27)14-29-20-23-22-19(25-7-3-4-8-25)26(20)16-5-6-16/h15-17H,3-14H2,1-2H3,(H,21,27). The fourth-order valence-corrected chi connectivity index (χ4v) is 4.98. The van der Waals surface area contributed by atoms with Gasteiger partial charge in [0.15, 0.2) is 5.16 Å². The highest BCUT2D eigenvalue weighted by Gasteiger charge is 2.32. The molecule has 162 valence electrons. The molecule has 8 nitrogen and oxygen atoms in total. The Labute approximate surface area is 177 Å². The van der Waals surface area contributed by atoms with Gasteiger partial charge in [-0.1, -0.05) is 25.6 Å². The molecule has 1 aromatic rings. The molecule has 9 heteroatoms. The average Bonchev–Trinajstić information content (AvgIpc) is 3.22. The quantitative estimate of drug-likeness (QED) is 0.608. The highest BCUT2D eigenvalue weighted by atomic mass is 32.2. The molecule has 2 saturated heterocycles. The normalized spacial score (nSPS) is 23.1. The Bertz CT molecular complexity index is 687. The number of carbonyl (C=O) groups excluding carboxylic acids is 1. The van der Waals surface area contributed by atoms with Gasteiger partial charge in [-0.05, 0) is 31.6 Å². The highest BCUT2D eigenvalue weighted by Crippen LogP contribution is 2.41. The number of hydrogen-bond donors (Lipinski definition) is 1. The summed E-state index contributed by atoms with van der Waals surface area (Å²) in [6.07, 6.45) is 4.89. The Morgan fingerprint density at radius 2 is 2.03 bits per heavy atom. The number of aromatic nitrogens is 3. The lowest BCUT2D eigenvalue weighted by atomic mass is 10.2. The molecule has 2 aliphatic heterocycles. The summed E-state index contributed by atoms with van der Waals surface area (Å²) in [6, 6.07) is 0.508. The van der Waals surface area contributed by atoms with Crippen LogP contribution in [0.1, 0.15) is 45.6 Å². The summed E-state index contributed by atoms with van der Waals surface area (Å²) in [4.78, 5) is 17.2. The molecule has 1 saturated carbocycles. The molecule has 3 heterocycles. The number of rotatable bonds is 9. The highest BCUT2D eigenvalue weighted by molar-refractivity contribution is 7.99. The van der Waals surface area contributed by atoms with Crippen LogP contribution in [0.15, 0.2) is 5.16 Å². The van der Waals surface area contributed by atoms with E-state index in [4.69, 9.17) is 4.74 Å². The number of amides is 1. The number of morpholine rings is 1. The summed E-state index contributed by atoms with van der Waals surface area (Å²) in [5.74, 6) is 2.04. The summed E-state index contributed by atoms with van der Waals surface area (Å²) in [6.45, 7) is 10.9. The van der Waals surface area contributed by atoms with Crippen molar-refractivity contribution in [3.8, 4) is 0 Å². The number of anilines is 1. The Kier molecular flexibility index (Phi) is 6.97. The third kappa shape index (κ3) is 5.64. The maximum Gasteiger partial charge on any atom is 0.230 e. The van der Waals surface area contributed by atoms with Crippen LogP contribution in [-0.4, -0.2) is 83.3 Å². The molecule has 4 rings (SSSR count). The van der Waals surface area contributed by atoms with Crippen molar-refractivity contribution in [3.63, 3.8) is 0 Å². The van der Waals surface area contributed by atoms with Gasteiger partial charge in [0, 0.05) is 45.3 Å². The number of ether oxygens (including phenoxy) is 1. The predicted octanol–water partition coefficient (Wildman–Crippen LogP) is 1.78. The smallest absolute Gasteiger partial charge is 0.230 e. The van der Waals surface area contributed by atoms with Crippen molar-refractivity contribution in [3.05, 3.63) is 0 Å². The first-order valence-corrected chi connectivity index (χ1v) is 12.0. The second-order valence-corrected chi connectivity index (χ2v) is 9.76. The van der Waals surface area contributed by atoms with E-state index in [2.05, 4.69) is 43.7 Å². The van der Waals surface area contributed by atoms with Crippen molar-refractivity contribution in [1.82, 2.24) is 25.0 Å². The van der Waals surface area contributed by atoms with Gasteiger partial charge in [-0.3, -0.25) is 14.3 Å². The van der Waals surface area contributed by atoms with Gasteiger partial charge < -0.3 is 15.0 Å². The van der Waals surface area contributed by atoms with Crippen LogP contribution in [0.5, 0.6) is 0 Å². The third-order valence-electron chi connectivity index (χ3n) is 5.65. The van der Waals surface area contributed by atoms with Gasteiger partial charge in [0.25, 0.3) is 0 Å². The summed E-state index contributed by atoms with van der Waals surface area (Å²) >= 11 is 1.50. The van der Waals surface area contributed by atoms with Gasteiger partial charge in [0.05, 0.1) is 18.5 Å². The number of nitrogens with zero attached hydrogens (tertiary/aromatic N) is 5. The van der Waals surface area contributed by atoms with Crippen LogP contribution in [-0.2, 0) is 9.53 Å². The molecule has 0 radical (unpaired) electrons. The lowest BCUT2D eigenvalue weighted by Gasteiger charge is -2.33. The molecule has 1 aliphatic carbocycles. The molecule has 1 aromatic heterocycles. The maximum absolute atomic E-state index is 12.4. The Morgan fingerprint density at radius 1 is 1.24 bits per heavy atom. The fourth-order valence-electron chi connectivity index (χ4n) is 4.15. The average molecular weight is 423 g/mol. The Hall–Kier alpha value is -1.32. The van der Waals surface area contributed by atoms with Crippen LogP contribution in [0, 0.1) is 5.92 Å². The maximum atomic E-state index is 12.4. The summed E-state index contributed by atoms with van der Waals surface area (Å²) in [5, 5.41) is 12.8. The molecule has 0 spiro atoms. The zero-order valence-electron chi connectivity index (χ0n) is 17.7. The van der Waals surface area contributed by atoms with Gasteiger partial charge in [-0.2, -0.15) is 0 Å². The van der Waals surface area contributed by atoms with E-state index >= 15 is 0 Å². The van der Waals surface area contributed by atoms with E-state index in [-0.39, 0.29) is 12.0 Å². The van der Waals surface area contributed by atoms with Crippen molar-refractivity contribution in [1.29, 1.82) is 0 Å². The molecule has 29 heavy (non-hydrogen) atoms. The molecule has 0 bridgehead atoms. The zero-order valence-corrected chi connectivity index (χ0v) is 18.5. The summed E-state index contributed by atoms with van der Waals surface area (Å²) in [7, 11) is 0. The van der Waals surface area contributed by atoms with Crippen LogP contribution >= 0.6 is 11.8 Å². The van der Waals surface area contributed by atoms with Crippen LogP contribution in [0.2, 0.25) is 0 Å². The van der Waals surface area contributed by atoms with Crippen molar-refractivity contribution in [2.75, 3.05) is 56.5 Å². The molecular weight excluding hydrogens is 388 g/mol. The SMILES string of the molecule is CC(C)CN1CCOC(CNC(=O)CSc2nnc(N3CCCC3)n2C2CC2)C1. The van der Waals surface area contributed by atoms with Gasteiger partial charge in [-0.25, -0.2) is 0 Å². The molecule has 1 atom stereocenters. The topological polar surface area (TPSA) is 75.5 Å². The molecule has 1 amide bonds. The molecular formula is C20H34N6O2S. The van der Waals surface area contributed by atoms with E-state index in [0.717, 1.165) is 50.4 Å². The van der Waals surface area contributed by atoms with Crippen molar-refractivity contribution >= 4 is 23.6 Å². The second-order valence-electron chi connectivity index (χ2n) is 8.82. The minimum atomic E-state index is 0.0349. The lowest BCUT2D eigenvalue weighted by molar-refractivity contribution is -0.119. The van der Waals surface area contributed by atoms with Crippen LogP contribution in [0.25, 0.3) is 0 Å². The monoisotopic (exact) mass is 422 g/mol. The van der Waals surface area contributed by atoms with Crippen molar-refractivity contribution in [2.24, 2.45) is 5.92 Å². The van der Waals surface area contributed by atoms with E-state index < -0.39 is 0 Å². The first-order chi connectivity index (χ1) is 14.1. The van der Waals surface area contributed by atoms with Crippen LogP contribution in [0.3, 0.4) is 0 Å². The number of thioether (sulfide) groups is 1. The van der Waals surface area contributed by atoms with E-state index in [9.17, 15) is 4.79 Å². The minimum absolute atomic E-state index is 0.0349. The molecule has 0 aromatic carbocycles. The molecule has 3 aliphatic rings. The van der Waals surface area contributed by atoms with Crippen LogP contribution in [0.4, 0.5) is 5.95 Å². The van der Waals surface area contributed by atoms with Gasteiger partial charge in [-0.15, -0.1) is 10.2 Å². The number of carbonyl (C=O) groups is 1. The number of hydrogen-bond acceptors (Lipinski definition) is 7. The van der Waals surface area contributed by atoms with Crippen LogP contribution < -0.4 is 10.2 Å². The third-order valence-corrected chi connectivity index (χ3v) is 6.60. The first-order valence-electron chi connectivity index (χ1n) is 11.0. The van der Waals surface area contributed by atoms with E-state index in [1.54, 1.807) is 0 Å². The van der Waals surface area contributed by atoms with Crippen molar-refractivity contribution in [2.45, 2.75) is 56.8 Å². The minimum Gasteiger partial charge on any atom is -0.374 e. The second kappa shape index (κ2) is 9.66. The zero-order chi connectivity index (χ0) is 20.2. The largest absolute Gasteiger partial charge is 0.374 e. The van der Waals surface area contributed by atoms with E-state index in [1.807, 2.05) is 0 Å². The number of nitrogens with one attached hydrogen (secondary N) is 1. The Morgan fingerprint density at radius 3 is 2.76 bits per heavy atom. The molecule has 3 fully saturated rings. The van der Waals surface area contributed by atoms with Crippen molar-refractivity contribution < 1.29 is 9.53 Å². The summed E-state index contributed by atoms with van der Waals surface area (Å²) in [5.41, 5.74) is 0. The summed E-state index contributed by atoms with van der Waals surface area (Å²) < 4.78 is 8.09. The lowest BCUT2D eigenvalue weighted by Crippen LogP contribution is -2.48. The predicted molar refractivity (Wildman–Crippen MR) is 114 cm³/mol. The van der Waals surface area contributed by atoms with Gasteiger partial charge in [0.1, 0.15) is 0 Å².